The molecule has 3 nitrogen and oxygen atoms in total. The Morgan fingerprint density at radius 1 is 1.37 bits per heavy atom. The van der Waals surface area contributed by atoms with Gasteiger partial charge in [-0.25, -0.2) is 0 Å². The van der Waals surface area contributed by atoms with Gasteiger partial charge >= 0.3 is 0 Å². The number of rotatable bonds is 1. The van der Waals surface area contributed by atoms with Crippen LogP contribution in [0, 0.1) is 0 Å². The molecule has 0 spiro atoms. The lowest BCUT2D eigenvalue weighted by atomic mass is 9.87. The van der Waals surface area contributed by atoms with E-state index in [4.69, 9.17) is 9.72 Å². The van der Waals surface area contributed by atoms with Crippen molar-refractivity contribution < 1.29 is 4.74 Å². The first kappa shape index (κ1) is 13.1. The number of ether oxygens (including phenoxy) is 1. The molecule has 1 aromatic rings. The minimum atomic E-state index is 0.112. The summed E-state index contributed by atoms with van der Waals surface area (Å²) in [6.07, 6.45) is 3.46. The van der Waals surface area contributed by atoms with E-state index in [2.05, 4.69) is 32.2 Å². The maximum atomic E-state index is 5.65. The molecule has 0 aliphatic carbocycles. The number of fused-ring (bicyclic) bond motifs is 1. The molecule has 2 aliphatic heterocycles. The third-order valence-electron chi connectivity index (χ3n) is 4.18. The maximum Gasteiger partial charge on any atom is 0.0738 e. The summed E-state index contributed by atoms with van der Waals surface area (Å²) >= 11 is 0. The number of pyridine rings is 1. The smallest absolute Gasteiger partial charge is 0.0738 e. The van der Waals surface area contributed by atoms with Crippen LogP contribution in [0.3, 0.4) is 0 Å². The molecule has 0 aromatic carbocycles. The highest BCUT2D eigenvalue weighted by Gasteiger charge is 2.27. The van der Waals surface area contributed by atoms with Crippen LogP contribution in [0.1, 0.15) is 62.2 Å². The summed E-state index contributed by atoms with van der Waals surface area (Å²) in [5.41, 5.74) is 5.38. The van der Waals surface area contributed by atoms with E-state index in [9.17, 15) is 0 Å². The second-order valence-corrected chi connectivity index (χ2v) is 6.72. The standard InChI is InChI=1S/C16H24N2O/c1-16(2,3)15-9-11(13-5-4-7-17-13)12-10-19-8-6-14(12)18-15/h9,13,17H,4-8,10H2,1-3H3/t13-/m0/s1. The van der Waals surface area contributed by atoms with Crippen molar-refractivity contribution in [3.63, 3.8) is 0 Å². The van der Waals surface area contributed by atoms with Crippen LogP contribution in [0.5, 0.6) is 0 Å². The predicted molar refractivity (Wildman–Crippen MR) is 76.3 cm³/mol. The van der Waals surface area contributed by atoms with Gasteiger partial charge in [0, 0.05) is 34.8 Å². The van der Waals surface area contributed by atoms with Crippen molar-refractivity contribution >= 4 is 0 Å². The highest BCUT2D eigenvalue weighted by molar-refractivity contribution is 5.38. The first-order valence-electron chi connectivity index (χ1n) is 7.40. The Morgan fingerprint density at radius 3 is 2.89 bits per heavy atom. The third kappa shape index (κ3) is 2.54. The highest BCUT2D eigenvalue weighted by Crippen LogP contribution is 2.33. The Balaban J connectivity index is 2.08. The zero-order chi connectivity index (χ0) is 13.5. The number of hydrogen-bond acceptors (Lipinski definition) is 3. The van der Waals surface area contributed by atoms with Crippen LogP contribution in [-0.4, -0.2) is 18.1 Å². The van der Waals surface area contributed by atoms with Gasteiger partial charge in [-0.15, -0.1) is 0 Å². The first-order valence-corrected chi connectivity index (χ1v) is 7.40. The lowest BCUT2D eigenvalue weighted by molar-refractivity contribution is 0.108. The van der Waals surface area contributed by atoms with E-state index in [1.807, 2.05) is 0 Å². The molecule has 104 valence electrons. The molecule has 1 saturated heterocycles. The zero-order valence-corrected chi connectivity index (χ0v) is 12.3. The van der Waals surface area contributed by atoms with Crippen molar-refractivity contribution in [1.29, 1.82) is 0 Å². The van der Waals surface area contributed by atoms with Crippen LogP contribution in [0.2, 0.25) is 0 Å². The third-order valence-corrected chi connectivity index (χ3v) is 4.18. The Morgan fingerprint density at radius 2 is 2.21 bits per heavy atom. The fourth-order valence-electron chi connectivity index (χ4n) is 3.01. The molecule has 2 aliphatic rings. The molecule has 0 amide bonds. The van der Waals surface area contributed by atoms with Crippen molar-refractivity contribution in [1.82, 2.24) is 10.3 Å². The zero-order valence-electron chi connectivity index (χ0n) is 12.3. The number of nitrogens with zero attached hydrogens (tertiary/aromatic N) is 1. The summed E-state index contributed by atoms with van der Waals surface area (Å²) in [4.78, 5) is 4.91. The second kappa shape index (κ2) is 4.88. The summed E-state index contributed by atoms with van der Waals surface area (Å²) in [5.74, 6) is 0. The largest absolute Gasteiger partial charge is 0.376 e. The van der Waals surface area contributed by atoms with Crippen molar-refractivity contribution in [3.8, 4) is 0 Å². The summed E-state index contributed by atoms with van der Waals surface area (Å²) in [6, 6.07) is 2.82. The van der Waals surface area contributed by atoms with Crippen molar-refractivity contribution in [2.45, 2.75) is 58.1 Å². The molecule has 0 radical (unpaired) electrons. The van der Waals surface area contributed by atoms with E-state index < -0.39 is 0 Å². The molecule has 1 N–H and O–H groups in total. The summed E-state index contributed by atoms with van der Waals surface area (Å²) in [6.45, 7) is 9.41. The van der Waals surface area contributed by atoms with Gasteiger partial charge in [-0.1, -0.05) is 20.8 Å². The monoisotopic (exact) mass is 260 g/mol. The molecule has 1 aromatic heterocycles. The van der Waals surface area contributed by atoms with Gasteiger partial charge in [0.1, 0.15) is 0 Å². The molecule has 0 bridgehead atoms. The summed E-state index contributed by atoms with van der Waals surface area (Å²) < 4.78 is 5.65. The van der Waals surface area contributed by atoms with Gasteiger partial charge in [0.2, 0.25) is 0 Å². The molecular formula is C16H24N2O. The van der Waals surface area contributed by atoms with Crippen LogP contribution in [0.4, 0.5) is 0 Å². The van der Waals surface area contributed by atoms with Gasteiger partial charge < -0.3 is 10.1 Å². The van der Waals surface area contributed by atoms with E-state index in [1.165, 1.54) is 35.4 Å². The Hall–Kier alpha value is -0.930. The number of nitrogens with one attached hydrogen (secondary N) is 1. The molecule has 3 rings (SSSR count). The van der Waals surface area contributed by atoms with Gasteiger partial charge in [0.05, 0.1) is 13.2 Å². The van der Waals surface area contributed by atoms with Crippen LogP contribution in [0.15, 0.2) is 6.07 Å². The van der Waals surface area contributed by atoms with Crippen molar-refractivity contribution in [3.05, 3.63) is 28.6 Å². The molecule has 3 heteroatoms. The molecule has 1 fully saturated rings. The number of hydrogen-bond donors (Lipinski definition) is 1. The van der Waals surface area contributed by atoms with Gasteiger partial charge in [-0.05, 0) is 31.0 Å². The minimum Gasteiger partial charge on any atom is -0.376 e. The Labute approximate surface area is 115 Å². The quantitative estimate of drug-likeness (QED) is 0.843. The molecule has 0 saturated carbocycles. The summed E-state index contributed by atoms with van der Waals surface area (Å²) in [5, 5.41) is 3.62. The highest BCUT2D eigenvalue weighted by atomic mass is 16.5. The predicted octanol–water partition coefficient (Wildman–Crippen LogP) is 2.88. The first-order chi connectivity index (χ1) is 9.05. The van der Waals surface area contributed by atoms with E-state index >= 15 is 0 Å². The van der Waals surface area contributed by atoms with Gasteiger partial charge in [-0.3, -0.25) is 4.98 Å². The van der Waals surface area contributed by atoms with Crippen LogP contribution >= 0.6 is 0 Å². The number of aromatic nitrogens is 1. The van der Waals surface area contributed by atoms with E-state index in [-0.39, 0.29) is 5.41 Å². The van der Waals surface area contributed by atoms with E-state index in [0.29, 0.717) is 6.04 Å². The fourth-order valence-corrected chi connectivity index (χ4v) is 3.01. The van der Waals surface area contributed by atoms with Crippen LogP contribution in [-0.2, 0) is 23.2 Å². The summed E-state index contributed by atoms with van der Waals surface area (Å²) in [7, 11) is 0. The Kier molecular flexibility index (Phi) is 3.35. The van der Waals surface area contributed by atoms with Crippen molar-refractivity contribution in [2.24, 2.45) is 0 Å². The van der Waals surface area contributed by atoms with Crippen LogP contribution in [0.25, 0.3) is 0 Å². The van der Waals surface area contributed by atoms with E-state index in [0.717, 1.165) is 26.2 Å². The van der Waals surface area contributed by atoms with Gasteiger partial charge in [0.25, 0.3) is 0 Å². The maximum absolute atomic E-state index is 5.65. The fraction of sp³-hybridized carbons (Fsp3) is 0.688. The van der Waals surface area contributed by atoms with Crippen LogP contribution < -0.4 is 5.32 Å². The lowest BCUT2D eigenvalue weighted by Gasteiger charge is -2.27. The second-order valence-electron chi connectivity index (χ2n) is 6.72. The molecular weight excluding hydrogens is 236 g/mol. The Bertz CT molecular complexity index is 470. The van der Waals surface area contributed by atoms with Crippen molar-refractivity contribution in [2.75, 3.05) is 13.2 Å². The molecule has 0 unspecified atom stereocenters. The molecule has 19 heavy (non-hydrogen) atoms. The van der Waals surface area contributed by atoms with Gasteiger partial charge in [-0.2, -0.15) is 0 Å². The molecule has 1 atom stereocenters. The van der Waals surface area contributed by atoms with E-state index in [1.54, 1.807) is 0 Å². The minimum absolute atomic E-state index is 0.112. The lowest BCUT2D eigenvalue weighted by Crippen LogP contribution is -2.24. The topological polar surface area (TPSA) is 34.2 Å². The average Bonchev–Trinajstić information content (AvgIpc) is 2.90. The van der Waals surface area contributed by atoms with Gasteiger partial charge in [0.15, 0.2) is 0 Å². The normalized spacial score (nSPS) is 23.4. The average molecular weight is 260 g/mol. The SMILES string of the molecule is CC(C)(C)c1cc([C@@H]2CCCN2)c2c(n1)CCOC2. The molecule has 3 heterocycles.